The van der Waals surface area contributed by atoms with Gasteiger partial charge >= 0.3 is 0 Å². The summed E-state index contributed by atoms with van der Waals surface area (Å²) in [6.07, 6.45) is 4.75. The van der Waals surface area contributed by atoms with Crippen LogP contribution in [0.25, 0.3) is 0 Å². The van der Waals surface area contributed by atoms with Crippen LogP contribution in [0.2, 0.25) is 0 Å². The summed E-state index contributed by atoms with van der Waals surface area (Å²) in [7, 11) is 1.98. The van der Waals surface area contributed by atoms with Crippen molar-refractivity contribution in [2.45, 2.75) is 32.6 Å². The van der Waals surface area contributed by atoms with Crippen LogP contribution in [0.4, 0.5) is 0 Å². The maximum Gasteiger partial charge on any atom is 0.0433 e. The predicted octanol–water partition coefficient (Wildman–Crippen LogP) is 1.39. The Morgan fingerprint density at radius 3 is 2.55 bits per heavy atom. The van der Waals surface area contributed by atoms with E-state index in [9.17, 15) is 0 Å². The van der Waals surface area contributed by atoms with Crippen molar-refractivity contribution in [3.63, 3.8) is 0 Å². The van der Waals surface area contributed by atoms with Gasteiger partial charge in [0, 0.05) is 6.61 Å². The largest absolute Gasteiger partial charge is 0.396 e. The Morgan fingerprint density at radius 2 is 2.00 bits per heavy atom. The van der Waals surface area contributed by atoms with Crippen LogP contribution in [0.15, 0.2) is 0 Å². The Bertz CT molecular complexity index is 76.0. The van der Waals surface area contributed by atoms with E-state index in [0.717, 1.165) is 13.0 Å². The van der Waals surface area contributed by atoms with Gasteiger partial charge in [-0.1, -0.05) is 19.8 Å². The lowest BCUT2D eigenvalue weighted by molar-refractivity contribution is 0.256. The minimum absolute atomic E-state index is 0.340. The zero-order chi connectivity index (χ0) is 8.53. The second-order valence-electron chi connectivity index (χ2n) is 3.22. The highest BCUT2D eigenvalue weighted by atomic mass is 16.2. The van der Waals surface area contributed by atoms with Crippen LogP contribution in [0.3, 0.4) is 0 Å². The van der Waals surface area contributed by atoms with E-state index < -0.39 is 0 Å². The molecule has 2 nitrogen and oxygen atoms in total. The standard InChI is InChI=1S/C9H21NO/c1-9(6-8-11)5-3-4-7-10-2/h9-11H,3-8H2,1-2H3. The van der Waals surface area contributed by atoms with Gasteiger partial charge in [-0.3, -0.25) is 0 Å². The van der Waals surface area contributed by atoms with Crippen LogP contribution in [-0.4, -0.2) is 25.3 Å². The fourth-order valence-electron chi connectivity index (χ4n) is 1.16. The van der Waals surface area contributed by atoms with Crippen LogP contribution in [0.5, 0.6) is 0 Å². The molecule has 1 atom stereocenters. The van der Waals surface area contributed by atoms with E-state index in [-0.39, 0.29) is 0 Å². The number of rotatable bonds is 7. The maximum absolute atomic E-state index is 8.63. The van der Waals surface area contributed by atoms with E-state index in [0.29, 0.717) is 12.5 Å². The highest BCUT2D eigenvalue weighted by Crippen LogP contribution is 2.10. The molecule has 0 bridgehead atoms. The molecule has 0 aliphatic rings. The fraction of sp³-hybridized carbons (Fsp3) is 1.00. The summed E-state index contributed by atoms with van der Waals surface area (Å²) in [6, 6.07) is 0. The third kappa shape index (κ3) is 7.82. The van der Waals surface area contributed by atoms with E-state index in [2.05, 4.69) is 12.2 Å². The molecule has 0 saturated heterocycles. The second kappa shape index (κ2) is 8.02. The van der Waals surface area contributed by atoms with Crippen LogP contribution < -0.4 is 5.32 Å². The van der Waals surface area contributed by atoms with Gasteiger partial charge < -0.3 is 10.4 Å². The van der Waals surface area contributed by atoms with Crippen molar-refractivity contribution in [3.8, 4) is 0 Å². The molecule has 0 aromatic carbocycles. The smallest absolute Gasteiger partial charge is 0.0433 e. The molecule has 2 heteroatoms. The molecule has 0 aromatic heterocycles. The average molecular weight is 159 g/mol. The molecule has 0 aliphatic carbocycles. The number of aliphatic hydroxyl groups is 1. The summed E-state index contributed by atoms with van der Waals surface area (Å²) in [5.41, 5.74) is 0. The Balaban J connectivity index is 2.97. The summed E-state index contributed by atoms with van der Waals surface area (Å²) in [5.74, 6) is 0.692. The molecule has 11 heavy (non-hydrogen) atoms. The van der Waals surface area contributed by atoms with Crippen LogP contribution in [0.1, 0.15) is 32.6 Å². The predicted molar refractivity (Wildman–Crippen MR) is 48.6 cm³/mol. The molecule has 0 spiro atoms. The van der Waals surface area contributed by atoms with E-state index in [1.54, 1.807) is 0 Å². The zero-order valence-corrected chi connectivity index (χ0v) is 7.77. The first kappa shape index (κ1) is 10.9. The first-order valence-corrected chi connectivity index (χ1v) is 4.56. The van der Waals surface area contributed by atoms with Gasteiger partial charge in [0.25, 0.3) is 0 Å². The highest BCUT2D eigenvalue weighted by Gasteiger charge is 1.99. The van der Waals surface area contributed by atoms with E-state index in [1.807, 2.05) is 7.05 Å². The Morgan fingerprint density at radius 1 is 1.27 bits per heavy atom. The van der Waals surface area contributed by atoms with Crippen LogP contribution in [0, 0.1) is 5.92 Å². The van der Waals surface area contributed by atoms with Gasteiger partial charge in [0.05, 0.1) is 0 Å². The van der Waals surface area contributed by atoms with Gasteiger partial charge in [-0.15, -0.1) is 0 Å². The first-order valence-electron chi connectivity index (χ1n) is 4.56. The number of aliphatic hydroxyl groups excluding tert-OH is 1. The molecule has 0 fully saturated rings. The molecule has 0 radical (unpaired) electrons. The van der Waals surface area contributed by atoms with Crippen LogP contribution in [-0.2, 0) is 0 Å². The van der Waals surface area contributed by atoms with E-state index in [4.69, 9.17) is 5.11 Å². The molecule has 2 N–H and O–H groups in total. The van der Waals surface area contributed by atoms with Crippen molar-refractivity contribution in [3.05, 3.63) is 0 Å². The summed E-state index contributed by atoms with van der Waals surface area (Å²) in [4.78, 5) is 0. The van der Waals surface area contributed by atoms with Gasteiger partial charge in [0.15, 0.2) is 0 Å². The monoisotopic (exact) mass is 159 g/mol. The van der Waals surface area contributed by atoms with Crippen molar-refractivity contribution in [1.82, 2.24) is 5.32 Å². The summed E-state index contributed by atoms with van der Waals surface area (Å²) in [6.45, 7) is 3.66. The summed E-state index contributed by atoms with van der Waals surface area (Å²) in [5, 5.41) is 11.8. The van der Waals surface area contributed by atoms with Gasteiger partial charge in [-0.25, -0.2) is 0 Å². The lowest BCUT2D eigenvalue weighted by Crippen LogP contribution is -2.08. The van der Waals surface area contributed by atoms with Crippen LogP contribution >= 0.6 is 0 Å². The minimum atomic E-state index is 0.340. The normalized spacial score (nSPS) is 13.4. The van der Waals surface area contributed by atoms with Crippen molar-refractivity contribution < 1.29 is 5.11 Å². The molecular weight excluding hydrogens is 138 g/mol. The second-order valence-corrected chi connectivity index (χ2v) is 3.22. The SMILES string of the molecule is CNCCCCC(C)CCO. The lowest BCUT2D eigenvalue weighted by Gasteiger charge is -2.08. The Kier molecular flexibility index (Phi) is 7.96. The number of hydrogen-bond donors (Lipinski definition) is 2. The highest BCUT2D eigenvalue weighted by molar-refractivity contribution is 4.53. The van der Waals surface area contributed by atoms with Crippen molar-refractivity contribution >= 4 is 0 Å². The van der Waals surface area contributed by atoms with Gasteiger partial charge in [-0.2, -0.15) is 0 Å². The topological polar surface area (TPSA) is 32.3 Å². The molecule has 0 saturated carbocycles. The van der Waals surface area contributed by atoms with Gasteiger partial charge in [-0.05, 0) is 32.4 Å². The molecule has 0 aromatic rings. The molecule has 0 heterocycles. The molecule has 0 amide bonds. The molecule has 68 valence electrons. The zero-order valence-electron chi connectivity index (χ0n) is 7.77. The quantitative estimate of drug-likeness (QED) is 0.550. The summed E-state index contributed by atoms with van der Waals surface area (Å²) >= 11 is 0. The Hall–Kier alpha value is -0.0800. The maximum atomic E-state index is 8.63. The Labute approximate surface area is 70.0 Å². The van der Waals surface area contributed by atoms with Crippen molar-refractivity contribution in [2.75, 3.05) is 20.2 Å². The first-order chi connectivity index (χ1) is 5.31. The molecular formula is C9H21NO. The number of nitrogens with one attached hydrogen (secondary N) is 1. The average Bonchev–Trinajstić information content (AvgIpc) is 1.99. The number of hydrogen-bond acceptors (Lipinski definition) is 2. The van der Waals surface area contributed by atoms with Gasteiger partial charge in [0.2, 0.25) is 0 Å². The van der Waals surface area contributed by atoms with Gasteiger partial charge in [0.1, 0.15) is 0 Å². The third-order valence-electron chi connectivity index (χ3n) is 2.00. The third-order valence-corrected chi connectivity index (χ3v) is 2.00. The fourth-order valence-corrected chi connectivity index (χ4v) is 1.16. The molecule has 0 rings (SSSR count). The minimum Gasteiger partial charge on any atom is -0.396 e. The number of unbranched alkanes of at least 4 members (excludes halogenated alkanes) is 1. The molecule has 0 aliphatic heterocycles. The van der Waals surface area contributed by atoms with Crippen molar-refractivity contribution in [2.24, 2.45) is 5.92 Å². The van der Waals surface area contributed by atoms with Crippen molar-refractivity contribution in [1.29, 1.82) is 0 Å². The van der Waals surface area contributed by atoms with E-state index >= 15 is 0 Å². The molecule has 1 unspecified atom stereocenters. The van der Waals surface area contributed by atoms with E-state index in [1.165, 1.54) is 19.3 Å². The summed E-state index contributed by atoms with van der Waals surface area (Å²) < 4.78 is 0. The lowest BCUT2D eigenvalue weighted by atomic mass is 10.0.